The lowest BCUT2D eigenvalue weighted by atomic mass is 10.0. The molecule has 0 spiro atoms. The van der Waals surface area contributed by atoms with Gasteiger partial charge in [-0.3, -0.25) is 4.72 Å². The van der Waals surface area contributed by atoms with E-state index in [0.29, 0.717) is 45.4 Å². The van der Waals surface area contributed by atoms with Gasteiger partial charge in [-0.25, -0.2) is 22.2 Å². The van der Waals surface area contributed by atoms with Crippen molar-refractivity contribution in [2.24, 2.45) is 0 Å². The normalized spacial score (nSPS) is 11.6. The largest absolute Gasteiger partial charge is 0.454 e. The number of benzene rings is 3. The Morgan fingerprint density at radius 2 is 1.89 bits per heavy atom. The predicted molar refractivity (Wildman–Crippen MR) is 131 cm³/mol. The number of aromatic nitrogens is 3. The molecule has 0 radical (unpaired) electrons. The quantitative estimate of drug-likeness (QED) is 0.257. The molecule has 14 heteroatoms. The van der Waals surface area contributed by atoms with Gasteiger partial charge in [-0.1, -0.05) is 17.7 Å². The fourth-order valence-electron chi connectivity index (χ4n) is 3.32. The standard InChI is InChI=1S/C22H14ClF2N5O4S2/c1-26-21-29-16-4-2-11(6-19(16)34-21)13-7-12(23)3-5-17(13)33-18-8-15(25)20(9-14(18)24)36(31,32)30-22-27-10-28-35-22/h2-10H,1H3,(H,26,29)(H,27,28,30). The number of nitrogens with zero attached hydrogens (tertiary/aromatic N) is 3. The number of fused-ring (bicyclic) bond motifs is 1. The first-order chi connectivity index (χ1) is 17.2. The molecule has 0 aliphatic rings. The van der Waals surface area contributed by atoms with Crippen molar-refractivity contribution in [2.75, 3.05) is 17.1 Å². The van der Waals surface area contributed by atoms with Crippen LogP contribution in [0.25, 0.3) is 22.2 Å². The molecule has 5 aromatic rings. The number of sulfonamides is 1. The molecule has 0 aliphatic carbocycles. The summed E-state index contributed by atoms with van der Waals surface area (Å²) in [7, 11) is -2.78. The molecule has 5 rings (SSSR count). The van der Waals surface area contributed by atoms with Gasteiger partial charge in [0.15, 0.2) is 17.1 Å². The minimum absolute atomic E-state index is 0.0912. The smallest absolute Gasteiger partial charge is 0.295 e. The molecule has 0 aliphatic heterocycles. The van der Waals surface area contributed by atoms with Crippen LogP contribution in [-0.2, 0) is 10.0 Å². The first kappa shape index (κ1) is 23.9. The van der Waals surface area contributed by atoms with E-state index in [1.807, 2.05) is 4.72 Å². The van der Waals surface area contributed by atoms with Crippen LogP contribution in [-0.4, -0.2) is 29.8 Å². The van der Waals surface area contributed by atoms with Gasteiger partial charge in [0.1, 0.15) is 28.3 Å². The van der Waals surface area contributed by atoms with Crippen LogP contribution in [0.4, 0.5) is 19.9 Å². The van der Waals surface area contributed by atoms with Gasteiger partial charge in [0.05, 0.1) is 0 Å². The summed E-state index contributed by atoms with van der Waals surface area (Å²) in [5.41, 5.74) is 2.17. The average Bonchev–Trinajstić information content (AvgIpc) is 3.50. The van der Waals surface area contributed by atoms with Crippen LogP contribution < -0.4 is 14.8 Å². The summed E-state index contributed by atoms with van der Waals surface area (Å²) >= 11 is 6.93. The van der Waals surface area contributed by atoms with E-state index in [-0.39, 0.29) is 10.9 Å². The topological polar surface area (TPSA) is 119 Å². The summed E-state index contributed by atoms with van der Waals surface area (Å²) in [6.45, 7) is 0. The lowest BCUT2D eigenvalue weighted by Crippen LogP contribution is -2.15. The predicted octanol–water partition coefficient (Wildman–Crippen LogP) is 5.91. The number of halogens is 3. The highest BCUT2D eigenvalue weighted by Gasteiger charge is 2.24. The monoisotopic (exact) mass is 549 g/mol. The van der Waals surface area contributed by atoms with Crippen molar-refractivity contribution in [3.8, 4) is 22.6 Å². The van der Waals surface area contributed by atoms with E-state index in [9.17, 15) is 17.2 Å². The molecule has 184 valence electrons. The summed E-state index contributed by atoms with van der Waals surface area (Å²) in [5, 5.41) is 3.10. The van der Waals surface area contributed by atoms with Gasteiger partial charge in [-0.05, 0) is 35.9 Å². The molecule has 3 aromatic carbocycles. The molecular formula is C22H14ClF2N5O4S2. The number of nitrogens with one attached hydrogen (secondary N) is 2. The minimum atomic E-state index is -4.46. The van der Waals surface area contributed by atoms with Gasteiger partial charge in [0, 0.05) is 41.3 Å². The van der Waals surface area contributed by atoms with Crippen molar-refractivity contribution in [3.63, 3.8) is 0 Å². The average molecular weight is 550 g/mol. The van der Waals surface area contributed by atoms with Gasteiger partial charge in [-0.2, -0.15) is 9.36 Å². The van der Waals surface area contributed by atoms with Crippen molar-refractivity contribution in [2.45, 2.75) is 4.90 Å². The summed E-state index contributed by atoms with van der Waals surface area (Å²) in [6, 6.07) is 11.3. The summed E-state index contributed by atoms with van der Waals surface area (Å²) in [5.74, 6) is -2.70. The first-order valence-electron chi connectivity index (χ1n) is 10.1. The Morgan fingerprint density at radius 3 is 2.64 bits per heavy atom. The molecule has 2 heterocycles. The lowest BCUT2D eigenvalue weighted by molar-refractivity contribution is 0.433. The van der Waals surface area contributed by atoms with Crippen molar-refractivity contribution in [3.05, 3.63) is 71.5 Å². The Hall–Kier alpha value is -3.81. The number of oxazole rings is 1. The molecule has 0 fully saturated rings. The van der Waals surface area contributed by atoms with Crippen molar-refractivity contribution < 1.29 is 26.4 Å². The molecule has 2 aromatic heterocycles. The molecule has 0 bridgehead atoms. The number of hydrogen-bond acceptors (Lipinski definition) is 9. The highest BCUT2D eigenvalue weighted by molar-refractivity contribution is 7.93. The number of ether oxygens (including phenoxy) is 1. The SMILES string of the molecule is CNc1nc2ccc(-c3cc(Cl)ccc3Oc3cc(F)c(S(=O)(=O)Nc4ncns4)cc3F)cc2o1. The summed E-state index contributed by atoms with van der Waals surface area (Å²) in [4.78, 5) is 7.03. The maximum absolute atomic E-state index is 14.9. The van der Waals surface area contributed by atoms with Crippen molar-refractivity contribution in [1.29, 1.82) is 0 Å². The third kappa shape index (κ3) is 4.67. The van der Waals surface area contributed by atoms with E-state index in [4.69, 9.17) is 20.8 Å². The zero-order chi connectivity index (χ0) is 25.4. The Labute approximate surface area is 211 Å². The zero-order valence-electron chi connectivity index (χ0n) is 18.1. The maximum Gasteiger partial charge on any atom is 0.295 e. The Balaban J connectivity index is 1.50. The van der Waals surface area contributed by atoms with Crippen molar-refractivity contribution >= 4 is 55.4 Å². The highest BCUT2D eigenvalue weighted by atomic mass is 35.5. The second-order valence-corrected chi connectivity index (χ2v) is 10.1. The van der Waals surface area contributed by atoms with Gasteiger partial charge in [-0.15, -0.1) is 0 Å². The molecule has 0 saturated carbocycles. The zero-order valence-corrected chi connectivity index (χ0v) is 20.5. The van der Waals surface area contributed by atoms with Crippen LogP contribution in [0, 0.1) is 11.6 Å². The highest BCUT2D eigenvalue weighted by Crippen LogP contribution is 2.38. The fraction of sp³-hybridized carbons (Fsp3) is 0.0455. The molecule has 2 N–H and O–H groups in total. The summed E-state index contributed by atoms with van der Waals surface area (Å²) < 4.78 is 71.7. The molecule has 0 unspecified atom stereocenters. The van der Waals surface area contributed by atoms with E-state index in [0.717, 1.165) is 17.9 Å². The number of anilines is 2. The van der Waals surface area contributed by atoms with Crippen LogP contribution in [0.5, 0.6) is 11.5 Å². The molecule has 36 heavy (non-hydrogen) atoms. The second kappa shape index (κ2) is 9.33. The van der Waals surface area contributed by atoms with E-state index in [1.165, 1.54) is 12.1 Å². The molecular weight excluding hydrogens is 536 g/mol. The Kier molecular flexibility index (Phi) is 6.20. The third-order valence-corrected chi connectivity index (χ3v) is 7.23. The summed E-state index contributed by atoms with van der Waals surface area (Å²) in [6.07, 6.45) is 1.12. The number of hydrogen-bond donors (Lipinski definition) is 2. The van der Waals surface area contributed by atoms with E-state index in [2.05, 4.69) is 19.7 Å². The van der Waals surface area contributed by atoms with E-state index < -0.39 is 32.3 Å². The van der Waals surface area contributed by atoms with Crippen LogP contribution in [0.15, 0.2) is 64.2 Å². The van der Waals surface area contributed by atoms with Gasteiger partial charge < -0.3 is 14.5 Å². The molecule has 0 atom stereocenters. The third-order valence-electron chi connectivity index (χ3n) is 4.93. The first-order valence-corrected chi connectivity index (χ1v) is 12.7. The van der Waals surface area contributed by atoms with Crippen LogP contribution in [0.2, 0.25) is 5.02 Å². The van der Waals surface area contributed by atoms with Gasteiger partial charge in [0.2, 0.25) is 5.13 Å². The van der Waals surface area contributed by atoms with Gasteiger partial charge >= 0.3 is 0 Å². The minimum Gasteiger partial charge on any atom is -0.454 e. The molecule has 0 saturated heterocycles. The van der Waals surface area contributed by atoms with Crippen LogP contribution >= 0.6 is 23.1 Å². The lowest BCUT2D eigenvalue weighted by Gasteiger charge is -2.14. The van der Waals surface area contributed by atoms with E-state index in [1.54, 1.807) is 31.3 Å². The fourth-order valence-corrected chi connectivity index (χ4v) is 5.22. The maximum atomic E-state index is 14.9. The van der Waals surface area contributed by atoms with E-state index >= 15 is 0 Å². The molecule has 0 amide bonds. The second-order valence-electron chi connectivity index (χ2n) is 7.26. The molecule has 9 nitrogen and oxygen atoms in total. The van der Waals surface area contributed by atoms with Gasteiger partial charge in [0.25, 0.3) is 16.0 Å². The Morgan fingerprint density at radius 1 is 1.06 bits per heavy atom. The van der Waals surface area contributed by atoms with Crippen LogP contribution in [0.1, 0.15) is 0 Å². The van der Waals surface area contributed by atoms with Crippen LogP contribution in [0.3, 0.4) is 0 Å². The Bertz CT molecular complexity index is 1690. The van der Waals surface area contributed by atoms with Crippen molar-refractivity contribution in [1.82, 2.24) is 14.3 Å². The number of rotatable bonds is 7.